The summed E-state index contributed by atoms with van der Waals surface area (Å²) in [6.07, 6.45) is 4.50. The van der Waals surface area contributed by atoms with Crippen LogP contribution in [0.2, 0.25) is 5.02 Å². The summed E-state index contributed by atoms with van der Waals surface area (Å²) in [5, 5.41) is 6.12. The molecule has 0 saturated heterocycles. The molecule has 0 aliphatic heterocycles. The average molecular weight is 416 g/mol. The van der Waals surface area contributed by atoms with E-state index >= 15 is 0 Å². The lowest BCUT2D eigenvalue weighted by Gasteiger charge is -2.08. The van der Waals surface area contributed by atoms with Gasteiger partial charge in [0.25, 0.3) is 5.91 Å². The minimum Gasteiger partial charge on any atom is -0.312 e. The van der Waals surface area contributed by atoms with Crippen molar-refractivity contribution in [3.63, 3.8) is 0 Å². The Hall–Kier alpha value is -1.95. The summed E-state index contributed by atoms with van der Waals surface area (Å²) in [5.74, 6) is -0.205. The third-order valence-corrected chi connectivity index (χ3v) is 7.13. The molecule has 1 N–H and O–H groups in total. The first-order chi connectivity index (χ1) is 13.0. The molecule has 1 aliphatic carbocycles. The van der Waals surface area contributed by atoms with Gasteiger partial charge in [-0.25, -0.2) is 0 Å². The van der Waals surface area contributed by atoms with E-state index in [1.165, 1.54) is 41.5 Å². The van der Waals surface area contributed by atoms with Crippen molar-refractivity contribution in [1.82, 2.24) is 0 Å². The predicted octanol–water partition coefficient (Wildman–Crippen LogP) is 6.46. The average Bonchev–Trinajstić information content (AvgIpc) is 3.26. The second-order valence-electron chi connectivity index (χ2n) is 6.64. The molecule has 138 valence electrons. The molecule has 0 radical (unpaired) electrons. The number of aryl methyl sites for hydroxylation is 2. The van der Waals surface area contributed by atoms with Crippen LogP contribution in [0.3, 0.4) is 0 Å². The molecule has 0 saturated carbocycles. The topological polar surface area (TPSA) is 46.2 Å². The number of hydrogen-bond acceptors (Lipinski definition) is 4. The SMILES string of the molecule is CC(=O)c1c(-c2ccc(Cl)cc2)csc1NC(=O)c1cc2c(s1)CCCC2. The van der Waals surface area contributed by atoms with E-state index < -0.39 is 0 Å². The number of ketones is 1. The molecule has 0 spiro atoms. The van der Waals surface area contributed by atoms with E-state index in [1.807, 2.05) is 23.6 Å². The highest BCUT2D eigenvalue weighted by Crippen LogP contribution is 2.37. The first-order valence-electron chi connectivity index (χ1n) is 8.84. The Bertz CT molecular complexity index is 994. The number of amides is 1. The van der Waals surface area contributed by atoms with Crippen molar-refractivity contribution < 1.29 is 9.59 Å². The Balaban J connectivity index is 1.64. The number of nitrogens with one attached hydrogen (secondary N) is 1. The summed E-state index contributed by atoms with van der Waals surface area (Å²) < 4.78 is 0. The fraction of sp³-hybridized carbons (Fsp3) is 0.238. The second-order valence-corrected chi connectivity index (χ2v) is 9.09. The van der Waals surface area contributed by atoms with Gasteiger partial charge >= 0.3 is 0 Å². The van der Waals surface area contributed by atoms with Gasteiger partial charge in [0.15, 0.2) is 5.78 Å². The fourth-order valence-electron chi connectivity index (χ4n) is 3.41. The van der Waals surface area contributed by atoms with Gasteiger partial charge in [0.2, 0.25) is 0 Å². The van der Waals surface area contributed by atoms with Crippen molar-refractivity contribution in [1.29, 1.82) is 0 Å². The van der Waals surface area contributed by atoms with Gasteiger partial charge in [-0.1, -0.05) is 23.7 Å². The first-order valence-corrected chi connectivity index (χ1v) is 10.9. The molecule has 0 atom stereocenters. The molecule has 1 amide bonds. The Labute approximate surface area is 171 Å². The maximum Gasteiger partial charge on any atom is 0.266 e. The van der Waals surface area contributed by atoms with E-state index in [9.17, 15) is 9.59 Å². The molecule has 3 nitrogen and oxygen atoms in total. The molecule has 2 aromatic heterocycles. The van der Waals surface area contributed by atoms with E-state index in [2.05, 4.69) is 5.32 Å². The number of halogens is 1. The van der Waals surface area contributed by atoms with Gasteiger partial charge in [-0.3, -0.25) is 9.59 Å². The van der Waals surface area contributed by atoms with Gasteiger partial charge in [0, 0.05) is 20.8 Å². The highest BCUT2D eigenvalue weighted by atomic mass is 35.5. The fourth-order valence-corrected chi connectivity index (χ4v) is 5.70. The number of carbonyl (C=O) groups is 2. The van der Waals surface area contributed by atoms with Gasteiger partial charge in [-0.05, 0) is 61.9 Å². The zero-order valence-electron chi connectivity index (χ0n) is 14.8. The van der Waals surface area contributed by atoms with Crippen LogP contribution in [0, 0.1) is 0 Å². The Morgan fingerprint density at radius 2 is 1.85 bits per heavy atom. The number of rotatable bonds is 4. The van der Waals surface area contributed by atoms with Crippen LogP contribution < -0.4 is 5.32 Å². The third-order valence-electron chi connectivity index (χ3n) is 4.75. The number of hydrogen-bond donors (Lipinski definition) is 1. The molecule has 0 unspecified atom stereocenters. The lowest BCUT2D eigenvalue weighted by Crippen LogP contribution is -2.11. The van der Waals surface area contributed by atoms with Gasteiger partial charge in [-0.2, -0.15) is 0 Å². The van der Waals surface area contributed by atoms with E-state index in [4.69, 9.17) is 11.6 Å². The normalized spacial score (nSPS) is 13.3. The summed E-state index contributed by atoms with van der Waals surface area (Å²) in [4.78, 5) is 27.1. The highest BCUT2D eigenvalue weighted by Gasteiger charge is 2.22. The monoisotopic (exact) mass is 415 g/mol. The third kappa shape index (κ3) is 3.72. The minimum absolute atomic E-state index is 0.0676. The number of benzene rings is 1. The molecule has 1 aliphatic rings. The number of Topliss-reactive ketones (excluding diaryl/α,β-unsaturated/α-hetero) is 1. The first kappa shape index (κ1) is 18.4. The molecule has 0 fully saturated rings. The van der Waals surface area contributed by atoms with Crippen LogP contribution in [0.5, 0.6) is 0 Å². The summed E-state index contributed by atoms with van der Waals surface area (Å²) in [6.45, 7) is 1.53. The molecule has 6 heteroatoms. The summed E-state index contributed by atoms with van der Waals surface area (Å²) in [7, 11) is 0. The molecule has 3 aromatic rings. The quantitative estimate of drug-likeness (QED) is 0.496. The van der Waals surface area contributed by atoms with Crippen LogP contribution in [-0.2, 0) is 12.8 Å². The van der Waals surface area contributed by atoms with Crippen molar-refractivity contribution >= 4 is 51.0 Å². The standard InChI is InChI=1S/C21H18ClNO2S2/c1-12(24)19-16(13-6-8-15(22)9-7-13)11-26-21(19)23-20(25)18-10-14-4-2-3-5-17(14)27-18/h6-11H,2-5H2,1H3,(H,23,25). The molecule has 27 heavy (non-hydrogen) atoms. The molecule has 1 aromatic carbocycles. The molecule has 0 bridgehead atoms. The van der Waals surface area contributed by atoms with Crippen LogP contribution in [0.25, 0.3) is 11.1 Å². The zero-order valence-corrected chi connectivity index (χ0v) is 17.2. The smallest absolute Gasteiger partial charge is 0.266 e. The van der Waals surface area contributed by atoms with Gasteiger partial charge < -0.3 is 5.32 Å². The van der Waals surface area contributed by atoms with Gasteiger partial charge in [0.05, 0.1) is 10.4 Å². The van der Waals surface area contributed by atoms with Crippen molar-refractivity contribution in [2.24, 2.45) is 0 Å². The molecule has 4 rings (SSSR count). The Morgan fingerprint density at radius 3 is 2.56 bits per heavy atom. The van der Waals surface area contributed by atoms with Gasteiger partial charge in [0.1, 0.15) is 5.00 Å². The zero-order chi connectivity index (χ0) is 19.0. The predicted molar refractivity (Wildman–Crippen MR) is 114 cm³/mol. The van der Waals surface area contributed by atoms with Crippen LogP contribution in [0.15, 0.2) is 35.7 Å². The molecular weight excluding hydrogens is 398 g/mol. The van der Waals surface area contributed by atoms with E-state index in [0.717, 1.165) is 28.8 Å². The van der Waals surface area contributed by atoms with Crippen LogP contribution in [0.1, 0.15) is 50.2 Å². The summed E-state index contributed by atoms with van der Waals surface area (Å²) >= 11 is 8.92. The number of fused-ring (bicyclic) bond motifs is 1. The maximum atomic E-state index is 12.8. The molecule has 2 heterocycles. The van der Waals surface area contributed by atoms with Crippen molar-refractivity contribution in [2.75, 3.05) is 5.32 Å². The minimum atomic E-state index is -0.138. The van der Waals surface area contributed by atoms with E-state index in [-0.39, 0.29) is 11.7 Å². The number of thiophene rings is 2. The van der Waals surface area contributed by atoms with Crippen molar-refractivity contribution in [2.45, 2.75) is 32.6 Å². The highest BCUT2D eigenvalue weighted by molar-refractivity contribution is 7.16. The maximum absolute atomic E-state index is 12.8. The van der Waals surface area contributed by atoms with Crippen LogP contribution >= 0.6 is 34.3 Å². The van der Waals surface area contributed by atoms with Crippen molar-refractivity contribution in [3.8, 4) is 11.1 Å². The Morgan fingerprint density at radius 1 is 1.11 bits per heavy atom. The Kier molecular flexibility index (Phi) is 5.17. The largest absolute Gasteiger partial charge is 0.312 e. The second kappa shape index (κ2) is 7.58. The number of carbonyl (C=O) groups excluding carboxylic acids is 2. The number of anilines is 1. The van der Waals surface area contributed by atoms with Gasteiger partial charge in [-0.15, -0.1) is 22.7 Å². The lowest BCUT2D eigenvalue weighted by molar-refractivity contribution is 0.101. The molecular formula is C21H18ClNO2S2. The van der Waals surface area contributed by atoms with Crippen LogP contribution in [-0.4, -0.2) is 11.7 Å². The lowest BCUT2D eigenvalue weighted by atomic mass is 9.99. The summed E-state index contributed by atoms with van der Waals surface area (Å²) in [5.41, 5.74) is 3.59. The summed E-state index contributed by atoms with van der Waals surface area (Å²) in [6, 6.07) is 9.38. The van der Waals surface area contributed by atoms with E-state index in [1.54, 1.807) is 23.5 Å². The van der Waals surface area contributed by atoms with Crippen molar-refractivity contribution in [3.05, 3.63) is 61.6 Å². The van der Waals surface area contributed by atoms with Crippen LogP contribution in [0.4, 0.5) is 5.00 Å². The van der Waals surface area contributed by atoms with E-state index in [0.29, 0.717) is 15.6 Å².